The lowest BCUT2D eigenvalue weighted by molar-refractivity contribution is 0.0734. The van der Waals surface area contributed by atoms with Crippen LogP contribution in [0.2, 0.25) is 0 Å². The number of aryl methyl sites for hydroxylation is 1. The van der Waals surface area contributed by atoms with E-state index in [1.54, 1.807) is 0 Å². The molecule has 3 heteroatoms. The first-order chi connectivity index (χ1) is 10.1. The number of hydrogen-bond donors (Lipinski definition) is 1. The Kier molecular flexibility index (Phi) is 3.42. The van der Waals surface area contributed by atoms with Crippen LogP contribution in [-0.4, -0.2) is 17.4 Å². The molecule has 2 N–H and O–H groups in total. The summed E-state index contributed by atoms with van der Waals surface area (Å²) in [6.45, 7) is 5.46. The average Bonchev–Trinajstić information content (AvgIpc) is 2.48. The second kappa shape index (κ2) is 5.24. The van der Waals surface area contributed by atoms with Gasteiger partial charge in [-0.1, -0.05) is 18.2 Å². The third kappa shape index (κ3) is 2.51. The molecule has 0 fully saturated rings. The number of amides is 1. The maximum Gasteiger partial charge on any atom is 0.254 e. The van der Waals surface area contributed by atoms with Gasteiger partial charge in [-0.05, 0) is 60.7 Å². The molecule has 1 aliphatic heterocycles. The van der Waals surface area contributed by atoms with Crippen LogP contribution in [0.5, 0.6) is 0 Å². The molecule has 2 aromatic carbocycles. The van der Waals surface area contributed by atoms with Crippen LogP contribution in [0.25, 0.3) is 0 Å². The first-order valence-electron chi connectivity index (χ1n) is 7.29. The Morgan fingerprint density at radius 1 is 1.14 bits per heavy atom. The first kappa shape index (κ1) is 13.7. The minimum atomic E-state index is 0.115. The van der Waals surface area contributed by atoms with Gasteiger partial charge in [-0.15, -0.1) is 0 Å². The van der Waals surface area contributed by atoms with E-state index < -0.39 is 0 Å². The molecule has 1 heterocycles. The minimum absolute atomic E-state index is 0.115. The summed E-state index contributed by atoms with van der Waals surface area (Å²) in [7, 11) is 0. The normalized spacial score (nSPS) is 13.9. The van der Waals surface area contributed by atoms with Crippen LogP contribution >= 0.6 is 0 Å². The largest absolute Gasteiger partial charge is 0.399 e. The molecule has 0 bridgehead atoms. The Morgan fingerprint density at radius 2 is 1.95 bits per heavy atom. The third-order valence-electron chi connectivity index (χ3n) is 4.36. The van der Waals surface area contributed by atoms with Crippen molar-refractivity contribution in [3.63, 3.8) is 0 Å². The van der Waals surface area contributed by atoms with E-state index in [1.807, 2.05) is 49.1 Å². The van der Waals surface area contributed by atoms with Crippen molar-refractivity contribution in [2.45, 2.75) is 26.8 Å². The molecule has 0 spiro atoms. The highest BCUT2D eigenvalue weighted by Crippen LogP contribution is 2.24. The number of hydrogen-bond acceptors (Lipinski definition) is 2. The fourth-order valence-electron chi connectivity index (χ4n) is 2.90. The molecule has 0 aliphatic carbocycles. The summed E-state index contributed by atoms with van der Waals surface area (Å²) in [5, 5.41) is 0. The van der Waals surface area contributed by atoms with E-state index >= 15 is 0 Å². The number of fused-ring (bicyclic) bond motifs is 1. The lowest BCUT2D eigenvalue weighted by Crippen LogP contribution is -2.36. The molecule has 0 aromatic heterocycles. The van der Waals surface area contributed by atoms with Crippen molar-refractivity contribution in [1.29, 1.82) is 0 Å². The van der Waals surface area contributed by atoms with E-state index in [-0.39, 0.29) is 5.91 Å². The predicted molar refractivity (Wildman–Crippen MR) is 85.2 cm³/mol. The smallest absolute Gasteiger partial charge is 0.254 e. The van der Waals surface area contributed by atoms with E-state index in [4.69, 9.17) is 5.73 Å². The average molecular weight is 280 g/mol. The molecule has 3 rings (SSSR count). The zero-order valence-electron chi connectivity index (χ0n) is 12.5. The highest BCUT2D eigenvalue weighted by Gasteiger charge is 2.23. The molecule has 0 unspecified atom stereocenters. The Bertz CT molecular complexity index is 706. The monoisotopic (exact) mass is 280 g/mol. The summed E-state index contributed by atoms with van der Waals surface area (Å²) >= 11 is 0. The van der Waals surface area contributed by atoms with Gasteiger partial charge in [-0.3, -0.25) is 4.79 Å². The molecule has 3 nitrogen and oxygen atoms in total. The summed E-state index contributed by atoms with van der Waals surface area (Å²) in [5.41, 5.74) is 12.1. The standard InChI is InChI=1S/C18H20N2O/c1-12-4-3-5-17(13(12)2)18(21)20-9-8-14-6-7-16(19)10-15(14)11-20/h3-7,10H,8-9,11,19H2,1-2H3. The molecular weight excluding hydrogens is 260 g/mol. The predicted octanol–water partition coefficient (Wildman–Crippen LogP) is 3.08. The van der Waals surface area contributed by atoms with Crippen molar-refractivity contribution in [1.82, 2.24) is 4.90 Å². The van der Waals surface area contributed by atoms with Crippen molar-refractivity contribution in [2.75, 3.05) is 12.3 Å². The quantitative estimate of drug-likeness (QED) is 0.816. The van der Waals surface area contributed by atoms with Gasteiger partial charge in [0.15, 0.2) is 0 Å². The summed E-state index contributed by atoms with van der Waals surface area (Å²) in [6.07, 6.45) is 0.895. The lowest BCUT2D eigenvalue weighted by Gasteiger charge is -2.29. The molecule has 0 saturated carbocycles. The van der Waals surface area contributed by atoms with Crippen LogP contribution in [0.3, 0.4) is 0 Å². The maximum atomic E-state index is 12.8. The maximum absolute atomic E-state index is 12.8. The van der Waals surface area contributed by atoms with E-state index in [1.165, 1.54) is 11.1 Å². The zero-order valence-corrected chi connectivity index (χ0v) is 12.5. The fraction of sp³-hybridized carbons (Fsp3) is 0.278. The topological polar surface area (TPSA) is 46.3 Å². The number of benzene rings is 2. The molecule has 0 radical (unpaired) electrons. The number of carbonyl (C=O) groups excluding carboxylic acids is 1. The van der Waals surface area contributed by atoms with Crippen LogP contribution in [0.1, 0.15) is 32.6 Å². The number of anilines is 1. The molecule has 0 saturated heterocycles. The molecule has 1 aliphatic rings. The van der Waals surface area contributed by atoms with Crippen LogP contribution in [0.4, 0.5) is 5.69 Å². The molecule has 21 heavy (non-hydrogen) atoms. The van der Waals surface area contributed by atoms with Gasteiger partial charge in [0.25, 0.3) is 5.91 Å². The minimum Gasteiger partial charge on any atom is -0.399 e. The number of nitrogen functional groups attached to an aromatic ring is 1. The van der Waals surface area contributed by atoms with Crippen molar-refractivity contribution >= 4 is 11.6 Å². The molecular formula is C18H20N2O. The van der Waals surface area contributed by atoms with Crippen LogP contribution < -0.4 is 5.73 Å². The number of rotatable bonds is 1. The Balaban J connectivity index is 1.89. The first-order valence-corrected chi connectivity index (χ1v) is 7.29. The Morgan fingerprint density at radius 3 is 2.76 bits per heavy atom. The van der Waals surface area contributed by atoms with Gasteiger partial charge in [-0.25, -0.2) is 0 Å². The fourth-order valence-corrected chi connectivity index (χ4v) is 2.90. The number of nitrogens with zero attached hydrogens (tertiary/aromatic N) is 1. The van der Waals surface area contributed by atoms with Gasteiger partial charge in [0.1, 0.15) is 0 Å². The second-order valence-electron chi connectivity index (χ2n) is 5.75. The summed E-state index contributed by atoms with van der Waals surface area (Å²) in [5.74, 6) is 0.115. The van der Waals surface area contributed by atoms with Crippen molar-refractivity contribution < 1.29 is 4.79 Å². The Hall–Kier alpha value is -2.29. The highest BCUT2D eigenvalue weighted by molar-refractivity contribution is 5.96. The molecule has 108 valence electrons. The molecule has 1 amide bonds. The summed E-state index contributed by atoms with van der Waals surface area (Å²) in [4.78, 5) is 14.7. The van der Waals surface area contributed by atoms with Crippen molar-refractivity contribution in [3.05, 3.63) is 64.2 Å². The van der Waals surface area contributed by atoms with Crippen LogP contribution in [0, 0.1) is 13.8 Å². The Labute approximate surface area is 125 Å². The molecule has 0 atom stereocenters. The molecule has 2 aromatic rings. The van der Waals surface area contributed by atoms with Gasteiger partial charge < -0.3 is 10.6 Å². The van der Waals surface area contributed by atoms with E-state index in [0.717, 1.165) is 35.3 Å². The summed E-state index contributed by atoms with van der Waals surface area (Å²) < 4.78 is 0. The van der Waals surface area contributed by atoms with Gasteiger partial charge in [-0.2, -0.15) is 0 Å². The second-order valence-corrected chi connectivity index (χ2v) is 5.75. The van der Waals surface area contributed by atoms with Gasteiger partial charge >= 0.3 is 0 Å². The van der Waals surface area contributed by atoms with Crippen molar-refractivity contribution in [2.24, 2.45) is 0 Å². The van der Waals surface area contributed by atoms with E-state index in [9.17, 15) is 4.79 Å². The van der Waals surface area contributed by atoms with Gasteiger partial charge in [0, 0.05) is 24.3 Å². The third-order valence-corrected chi connectivity index (χ3v) is 4.36. The van der Waals surface area contributed by atoms with Gasteiger partial charge in [0.2, 0.25) is 0 Å². The number of nitrogens with two attached hydrogens (primary N) is 1. The van der Waals surface area contributed by atoms with E-state index in [0.29, 0.717) is 6.54 Å². The van der Waals surface area contributed by atoms with Crippen LogP contribution in [-0.2, 0) is 13.0 Å². The lowest BCUT2D eigenvalue weighted by atomic mass is 9.97. The SMILES string of the molecule is Cc1cccc(C(=O)N2CCc3ccc(N)cc3C2)c1C. The van der Waals surface area contributed by atoms with Crippen LogP contribution in [0.15, 0.2) is 36.4 Å². The summed E-state index contributed by atoms with van der Waals surface area (Å²) in [6, 6.07) is 11.9. The zero-order chi connectivity index (χ0) is 15.0. The van der Waals surface area contributed by atoms with Gasteiger partial charge in [0.05, 0.1) is 0 Å². The van der Waals surface area contributed by atoms with E-state index in [2.05, 4.69) is 6.07 Å². The highest BCUT2D eigenvalue weighted by atomic mass is 16.2. The van der Waals surface area contributed by atoms with Crippen molar-refractivity contribution in [3.8, 4) is 0 Å². The number of carbonyl (C=O) groups is 1.